The molecule has 112 valence electrons. The maximum Gasteiger partial charge on any atom is 0.416 e. The van der Waals surface area contributed by atoms with Crippen molar-refractivity contribution in [1.82, 2.24) is 0 Å². The first-order valence-corrected chi connectivity index (χ1v) is 6.89. The Kier molecular flexibility index (Phi) is 4.28. The van der Waals surface area contributed by atoms with Crippen molar-refractivity contribution in [2.75, 3.05) is 18.0 Å². The number of aliphatic hydroxyl groups excluding tert-OH is 1. The quantitative estimate of drug-likeness (QED) is 0.916. The Hall–Kier alpha value is -1.23. The summed E-state index contributed by atoms with van der Waals surface area (Å²) in [5.74, 6) is 1.07. The molecule has 0 aromatic heterocycles. The molecule has 1 aromatic rings. The van der Waals surface area contributed by atoms with Crippen LogP contribution in [0.15, 0.2) is 18.2 Å². The van der Waals surface area contributed by atoms with Gasteiger partial charge in [0.2, 0.25) is 0 Å². The molecule has 2 rings (SSSR count). The summed E-state index contributed by atoms with van der Waals surface area (Å²) in [4.78, 5) is 2.00. The van der Waals surface area contributed by atoms with Gasteiger partial charge in [0, 0.05) is 18.8 Å². The van der Waals surface area contributed by atoms with Gasteiger partial charge in [-0.2, -0.15) is 13.2 Å². The van der Waals surface area contributed by atoms with Crippen molar-refractivity contribution in [3.63, 3.8) is 0 Å². The van der Waals surface area contributed by atoms with E-state index in [-0.39, 0.29) is 5.56 Å². The number of hydrogen-bond donors (Lipinski definition) is 1. The number of rotatable bonds is 3. The molecule has 0 bridgehead atoms. The fourth-order valence-corrected chi connectivity index (χ4v) is 2.73. The summed E-state index contributed by atoms with van der Waals surface area (Å²) in [6.07, 6.45) is -3.41. The molecule has 2 nitrogen and oxygen atoms in total. The lowest BCUT2D eigenvalue weighted by Crippen LogP contribution is -2.22. The van der Waals surface area contributed by atoms with Gasteiger partial charge in [-0.1, -0.05) is 19.9 Å². The molecule has 0 radical (unpaired) electrons. The number of nitrogens with zero attached hydrogens (tertiary/aromatic N) is 1. The van der Waals surface area contributed by atoms with Crippen LogP contribution in [0.2, 0.25) is 0 Å². The molecule has 0 saturated carbocycles. The third-order valence-electron chi connectivity index (χ3n) is 4.10. The Bertz CT molecular complexity index is 471. The first kappa shape index (κ1) is 15.2. The van der Waals surface area contributed by atoms with E-state index in [1.165, 1.54) is 6.07 Å². The second-order valence-electron chi connectivity index (χ2n) is 5.74. The van der Waals surface area contributed by atoms with Crippen molar-refractivity contribution >= 4 is 5.69 Å². The smallest absolute Gasteiger partial charge is 0.392 e. The first-order chi connectivity index (χ1) is 9.32. The van der Waals surface area contributed by atoms with Crippen LogP contribution < -0.4 is 4.90 Å². The Morgan fingerprint density at radius 1 is 1.35 bits per heavy atom. The van der Waals surface area contributed by atoms with Gasteiger partial charge in [0.15, 0.2) is 0 Å². The third-order valence-corrected chi connectivity index (χ3v) is 4.10. The zero-order valence-electron chi connectivity index (χ0n) is 11.7. The van der Waals surface area contributed by atoms with Crippen LogP contribution in [0.3, 0.4) is 0 Å². The fourth-order valence-electron chi connectivity index (χ4n) is 2.73. The van der Waals surface area contributed by atoms with E-state index in [9.17, 15) is 13.2 Å². The molecular weight excluding hydrogens is 267 g/mol. The summed E-state index contributed by atoms with van der Waals surface area (Å²) in [5.41, 5.74) is -0.205. The number of halogens is 3. The molecule has 1 fully saturated rings. The van der Waals surface area contributed by atoms with E-state index in [0.717, 1.165) is 25.6 Å². The fraction of sp³-hybridized carbons (Fsp3) is 0.600. The summed E-state index contributed by atoms with van der Waals surface area (Å²) in [7, 11) is 0. The molecule has 1 aromatic carbocycles. The van der Waals surface area contributed by atoms with Gasteiger partial charge in [0.05, 0.1) is 12.2 Å². The van der Waals surface area contributed by atoms with Crippen molar-refractivity contribution in [3.8, 4) is 0 Å². The molecule has 1 aliphatic rings. The van der Waals surface area contributed by atoms with Crippen molar-refractivity contribution < 1.29 is 18.3 Å². The number of aliphatic hydroxyl groups is 1. The minimum Gasteiger partial charge on any atom is -0.392 e. The number of anilines is 1. The molecule has 0 spiro atoms. The van der Waals surface area contributed by atoms with Gasteiger partial charge in [-0.05, 0) is 36.0 Å². The SMILES string of the molecule is CC(C)C1CCN(c2ccc(CO)c(C(F)(F)F)c2)C1. The van der Waals surface area contributed by atoms with Crippen molar-refractivity contribution in [3.05, 3.63) is 29.3 Å². The maximum absolute atomic E-state index is 13.0. The molecule has 1 heterocycles. The summed E-state index contributed by atoms with van der Waals surface area (Å²) in [5, 5.41) is 9.04. The minimum atomic E-state index is -4.43. The summed E-state index contributed by atoms with van der Waals surface area (Å²) >= 11 is 0. The van der Waals surface area contributed by atoms with E-state index in [2.05, 4.69) is 13.8 Å². The largest absolute Gasteiger partial charge is 0.416 e. The Morgan fingerprint density at radius 3 is 2.55 bits per heavy atom. The van der Waals surface area contributed by atoms with Crippen LogP contribution in [0.5, 0.6) is 0 Å². The lowest BCUT2D eigenvalue weighted by molar-refractivity contribution is -0.138. The molecule has 1 atom stereocenters. The Labute approximate surface area is 117 Å². The summed E-state index contributed by atoms with van der Waals surface area (Å²) < 4.78 is 38.9. The van der Waals surface area contributed by atoms with Gasteiger partial charge >= 0.3 is 6.18 Å². The van der Waals surface area contributed by atoms with Crippen LogP contribution in [-0.2, 0) is 12.8 Å². The average Bonchev–Trinajstić information content (AvgIpc) is 2.86. The number of alkyl halides is 3. The Morgan fingerprint density at radius 2 is 2.05 bits per heavy atom. The zero-order valence-corrected chi connectivity index (χ0v) is 11.7. The first-order valence-electron chi connectivity index (χ1n) is 6.89. The number of hydrogen-bond acceptors (Lipinski definition) is 2. The van der Waals surface area contributed by atoms with Gasteiger partial charge in [0.1, 0.15) is 0 Å². The lowest BCUT2D eigenvalue weighted by atomic mass is 9.95. The van der Waals surface area contributed by atoms with Crippen LogP contribution in [0.1, 0.15) is 31.4 Å². The molecule has 0 amide bonds. The van der Waals surface area contributed by atoms with Gasteiger partial charge in [0.25, 0.3) is 0 Å². The monoisotopic (exact) mass is 287 g/mol. The highest BCUT2D eigenvalue weighted by Gasteiger charge is 2.34. The molecule has 1 saturated heterocycles. The van der Waals surface area contributed by atoms with Gasteiger partial charge in [-0.3, -0.25) is 0 Å². The minimum absolute atomic E-state index is 0.0687. The molecule has 20 heavy (non-hydrogen) atoms. The van der Waals surface area contributed by atoms with Crippen LogP contribution in [0.4, 0.5) is 18.9 Å². The molecule has 0 aliphatic carbocycles. The van der Waals surface area contributed by atoms with E-state index >= 15 is 0 Å². The zero-order chi connectivity index (χ0) is 14.9. The Balaban J connectivity index is 2.26. The van der Waals surface area contributed by atoms with Crippen LogP contribution >= 0.6 is 0 Å². The molecule has 5 heteroatoms. The van der Waals surface area contributed by atoms with E-state index in [0.29, 0.717) is 17.5 Å². The van der Waals surface area contributed by atoms with E-state index in [4.69, 9.17) is 5.11 Å². The molecule has 1 unspecified atom stereocenters. The lowest BCUT2D eigenvalue weighted by Gasteiger charge is -2.22. The average molecular weight is 287 g/mol. The van der Waals surface area contributed by atoms with Crippen molar-refractivity contribution in [2.45, 2.75) is 33.1 Å². The maximum atomic E-state index is 13.0. The standard InChI is InChI=1S/C15H20F3NO/c1-10(2)11-5-6-19(8-11)13-4-3-12(9-20)14(7-13)15(16,17)18/h3-4,7,10-11,20H,5-6,8-9H2,1-2H3. The molecule has 1 aliphatic heterocycles. The van der Waals surface area contributed by atoms with Gasteiger partial charge in [-0.25, -0.2) is 0 Å². The second-order valence-corrected chi connectivity index (χ2v) is 5.74. The number of benzene rings is 1. The highest BCUT2D eigenvalue weighted by atomic mass is 19.4. The van der Waals surface area contributed by atoms with Crippen LogP contribution in [0, 0.1) is 11.8 Å². The third kappa shape index (κ3) is 3.08. The summed E-state index contributed by atoms with van der Waals surface area (Å²) in [6.45, 7) is 5.28. The van der Waals surface area contributed by atoms with E-state index in [1.807, 2.05) is 4.90 Å². The van der Waals surface area contributed by atoms with Crippen LogP contribution in [0.25, 0.3) is 0 Å². The topological polar surface area (TPSA) is 23.5 Å². The van der Waals surface area contributed by atoms with Gasteiger partial charge in [-0.15, -0.1) is 0 Å². The summed E-state index contributed by atoms with van der Waals surface area (Å²) in [6, 6.07) is 4.21. The molecule has 1 N–H and O–H groups in total. The van der Waals surface area contributed by atoms with Crippen LogP contribution in [-0.4, -0.2) is 18.2 Å². The van der Waals surface area contributed by atoms with E-state index in [1.54, 1.807) is 6.07 Å². The van der Waals surface area contributed by atoms with E-state index < -0.39 is 18.3 Å². The highest BCUT2D eigenvalue weighted by molar-refractivity contribution is 5.52. The normalized spacial score (nSPS) is 19.9. The predicted molar refractivity (Wildman–Crippen MR) is 72.5 cm³/mol. The predicted octanol–water partition coefficient (Wildman–Crippen LogP) is 3.68. The molecular formula is C15H20F3NO. The van der Waals surface area contributed by atoms with Crippen molar-refractivity contribution in [1.29, 1.82) is 0 Å². The highest BCUT2D eigenvalue weighted by Crippen LogP contribution is 2.36. The van der Waals surface area contributed by atoms with Gasteiger partial charge < -0.3 is 10.0 Å². The second kappa shape index (κ2) is 5.64. The van der Waals surface area contributed by atoms with Crippen molar-refractivity contribution in [2.24, 2.45) is 11.8 Å².